The lowest BCUT2D eigenvalue weighted by molar-refractivity contribution is 0.189. The van der Waals surface area contributed by atoms with Crippen molar-refractivity contribution < 1.29 is 4.74 Å². The Labute approximate surface area is 197 Å². The van der Waals surface area contributed by atoms with Crippen molar-refractivity contribution in [2.45, 2.75) is 31.1 Å². The SMILES string of the molecule is CC(C)(C1=N[C@H](c2ccccc2)[C@H](c2ccccc2)O1)P(c1ccccc1)c1ccccc1. The van der Waals surface area contributed by atoms with Gasteiger partial charge in [-0.1, -0.05) is 121 Å². The summed E-state index contributed by atoms with van der Waals surface area (Å²) in [5.74, 6) is 0.837. The van der Waals surface area contributed by atoms with Crippen LogP contribution >= 0.6 is 7.92 Å². The zero-order valence-electron chi connectivity index (χ0n) is 19.0. The molecule has 2 nitrogen and oxygen atoms in total. The Bertz CT molecular complexity index is 1170. The van der Waals surface area contributed by atoms with Crippen molar-refractivity contribution in [3.8, 4) is 0 Å². The van der Waals surface area contributed by atoms with Gasteiger partial charge in [0.05, 0.1) is 5.16 Å². The largest absolute Gasteiger partial charge is 0.469 e. The van der Waals surface area contributed by atoms with Gasteiger partial charge in [0.15, 0.2) is 12.0 Å². The Morgan fingerprint density at radius 1 is 0.606 bits per heavy atom. The van der Waals surface area contributed by atoms with Crippen molar-refractivity contribution in [2.75, 3.05) is 0 Å². The van der Waals surface area contributed by atoms with Crippen molar-refractivity contribution >= 4 is 24.4 Å². The monoisotopic (exact) mass is 449 g/mol. The molecule has 0 amide bonds. The van der Waals surface area contributed by atoms with Crippen LogP contribution in [0.2, 0.25) is 0 Å². The molecule has 1 heterocycles. The third kappa shape index (κ3) is 4.36. The molecule has 0 radical (unpaired) electrons. The fraction of sp³-hybridized carbons (Fsp3) is 0.167. The van der Waals surface area contributed by atoms with Gasteiger partial charge in [0, 0.05) is 0 Å². The quantitative estimate of drug-likeness (QED) is 0.296. The van der Waals surface area contributed by atoms with Gasteiger partial charge in [-0.25, -0.2) is 4.99 Å². The minimum absolute atomic E-state index is 0.0636. The molecule has 0 saturated carbocycles. The van der Waals surface area contributed by atoms with Gasteiger partial charge in [0.2, 0.25) is 0 Å². The van der Waals surface area contributed by atoms with Crippen molar-refractivity contribution in [2.24, 2.45) is 4.99 Å². The molecule has 1 aliphatic rings. The van der Waals surface area contributed by atoms with Gasteiger partial charge < -0.3 is 4.74 Å². The zero-order valence-corrected chi connectivity index (χ0v) is 19.9. The molecule has 0 unspecified atom stereocenters. The van der Waals surface area contributed by atoms with Crippen LogP contribution in [0.5, 0.6) is 0 Å². The highest BCUT2D eigenvalue weighted by Crippen LogP contribution is 2.52. The second-order valence-electron chi connectivity index (χ2n) is 8.80. The molecule has 0 fully saturated rings. The Morgan fingerprint density at radius 3 is 1.52 bits per heavy atom. The molecule has 0 N–H and O–H groups in total. The molecular weight excluding hydrogens is 421 g/mol. The first-order chi connectivity index (χ1) is 16.1. The van der Waals surface area contributed by atoms with E-state index in [9.17, 15) is 0 Å². The van der Waals surface area contributed by atoms with Crippen LogP contribution < -0.4 is 10.6 Å². The predicted octanol–water partition coefficient (Wildman–Crippen LogP) is 6.81. The van der Waals surface area contributed by atoms with Crippen LogP contribution in [0, 0.1) is 0 Å². The summed E-state index contributed by atoms with van der Waals surface area (Å²) in [4.78, 5) is 5.27. The molecule has 4 aromatic rings. The maximum absolute atomic E-state index is 6.77. The number of nitrogens with zero attached hydrogens (tertiary/aromatic N) is 1. The van der Waals surface area contributed by atoms with Crippen molar-refractivity contribution in [3.63, 3.8) is 0 Å². The average molecular weight is 450 g/mol. The summed E-state index contributed by atoms with van der Waals surface area (Å²) in [7, 11) is -0.737. The van der Waals surface area contributed by atoms with Crippen LogP contribution in [0.3, 0.4) is 0 Å². The molecule has 4 aromatic carbocycles. The van der Waals surface area contributed by atoms with Crippen LogP contribution in [-0.4, -0.2) is 11.1 Å². The first-order valence-electron chi connectivity index (χ1n) is 11.4. The van der Waals surface area contributed by atoms with E-state index in [2.05, 4.69) is 129 Å². The molecule has 164 valence electrons. The van der Waals surface area contributed by atoms with Crippen LogP contribution in [0.4, 0.5) is 0 Å². The molecule has 3 heteroatoms. The Balaban J connectivity index is 1.60. The van der Waals surface area contributed by atoms with E-state index in [0.29, 0.717) is 0 Å². The standard InChI is InChI=1S/C30H28NOP/c1-30(2,33(25-19-11-5-12-20-25)26-21-13-6-14-22-26)29-31-27(23-15-7-3-8-16-23)28(32-29)24-17-9-4-10-18-24/h3-22,27-28H,1-2H3/t27-,28+/m1/s1. The summed E-state index contributed by atoms with van der Waals surface area (Å²) >= 11 is 0. The predicted molar refractivity (Wildman–Crippen MR) is 140 cm³/mol. The van der Waals surface area contributed by atoms with Crippen LogP contribution in [0.1, 0.15) is 37.1 Å². The Kier molecular flexibility index (Phi) is 6.11. The van der Waals surface area contributed by atoms with E-state index in [1.54, 1.807) is 0 Å². The molecule has 0 aromatic heterocycles. The van der Waals surface area contributed by atoms with Gasteiger partial charge in [-0.15, -0.1) is 0 Å². The summed E-state index contributed by atoms with van der Waals surface area (Å²) in [6.45, 7) is 4.57. The lowest BCUT2D eigenvalue weighted by atomic mass is 9.97. The maximum atomic E-state index is 6.77. The van der Waals surface area contributed by atoms with Gasteiger partial charge in [-0.3, -0.25) is 0 Å². The highest BCUT2D eigenvalue weighted by molar-refractivity contribution is 7.75. The molecule has 0 saturated heterocycles. The van der Waals surface area contributed by atoms with E-state index in [4.69, 9.17) is 9.73 Å². The lowest BCUT2D eigenvalue weighted by Gasteiger charge is -2.35. The number of hydrogen-bond donors (Lipinski definition) is 0. The topological polar surface area (TPSA) is 21.6 Å². The van der Waals surface area contributed by atoms with E-state index in [-0.39, 0.29) is 17.3 Å². The van der Waals surface area contributed by atoms with Gasteiger partial charge in [-0.2, -0.15) is 0 Å². The lowest BCUT2D eigenvalue weighted by Crippen LogP contribution is -2.37. The smallest absolute Gasteiger partial charge is 0.195 e. The average Bonchev–Trinajstić information content (AvgIpc) is 3.33. The van der Waals surface area contributed by atoms with Crippen LogP contribution in [-0.2, 0) is 4.74 Å². The molecule has 2 atom stereocenters. The van der Waals surface area contributed by atoms with E-state index in [1.807, 2.05) is 6.07 Å². The third-order valence-corrected chi connectivity index (χ3v) is 9.10. The van der Waals surface area contributed by atoms with E-state index in [1.165, 1.54) is 16.2 Å². The molecule has 5 rings (SSSR count). The van der Waals surface area contributed by atoms with E-state index in [0.717, 1.165) is 11.5 Å². The van der Waals surface area contributed by atoms with Gasteiger partial charge in [0.1, 0.15) is 6.04 Å². The molecule has 33 heavy (non-hydrogen) atoms. The van der Waals surface area contributed by atoms with Crippen molar-refractivity contribution in [3.05, 3.63) is 132 Å². The first kappa shape index (κ1) is 21.6. The second kappa shape index (κ2) is 9.33. The highest BCUT2D eigenvalue weighted by atomic mass is 31.1. The first-order valence-corrected chi connectivity index (χ1v) is 12.7. The molecule has 0 bridgehead atoms. The minimum Gasteiger partial charge on any atom is -0.469 e. The maximum Gasteiger partial charge on any atom is 0.195 e. The summed E-state index contributed by atoms with van der Waals surface area (Å²) < 4.78 is 6.77. The number of hydrogen-bond acceptors (Lipinski definition) is 2. The third-order valence-electron chi connectivity index (χ3n) is 6.16. The minimum atomic E-state index is -0.737. The summed E-state index contributed by atoms with van der Waals surface area (Å²) in [6, 6.07) is 42.5. The number of rotatable bonds is 6. The van der Waals surface area contributed by atoms with Crippen molar-refractivity contribution in [1.29, 1.82) is 0 Å². The number of benzene rings is 4. The number of aliphatic imine (C=N–C) groups is 1. The van der Waals surface area contributed by atoms with Gasteiger partial charge in [0.25, 0.3) is 0 Å². The fourth-order valence-corrected chi connectivity index (χ4v) is 7.38. The molecule has 0 aliphatic carbocycles. The van der Waals surface area contributed by atoms with E-state index >= 15 is 0 Å². The molecule has 0 spiro atoms. The summed E-state index contributed by atoms with van der Waals surface area (Å²) in [5.41, 5.74) is 2.34. The van der Waals surface area contributed by atoms with Crippen LogP contribution in [0.15, 0.2) is 126 Å². The van der Waals surface area contributed by atoms with Crippen molar-refractivity contribution in [1.82, 2.24) is 0 Å². The summed E-state index contributed by atoms with van der Waals surface area (Å²) in [6.07, 6.45) is -0.133. The highest BCUT2D eigenvalue weighted by Gasteiger charge is 2.44. The second-order valence-corrected chi connectivity index (χ2v) is 11.6. The zero-order chi connectivity index (χ0) is 22.7. The molecule has 1 aliphatic heterocycles. The van der Waals surface area contributed by atoms with Crippen LogP contribution in [0.25, 0.3) is 0 Å². The number of ether oxygens (including phenoxy) is 1. The summed E-state index contributed by atoms with van der Waals surface area (Å²) in [5, 5.41) is 2.37. The fourth-order valence-electron chi connectivity index (χ4n) is 4.55. The Morgan fingerprint density at radius 2 is 1.03 bits per heavy atom. The normalized spacial score (nSPS) is 18.1. The van der Waals surface area contributed by atoms with E-state index < -0.39 is 7.92 Å². The Hall–Kier alpha value is -3.22. The van der Waals surface area contributed by atoms with Gasteiger partial charge in [-0.05, 0) is 43.5 Å². The molecular formula is C30H28NOP. The van der Waals surface area contributed by atoms with Gasteiger partial charge >= 0.3 is 0 Å².